The highest BCUT2D eigenvalue weighted by atomic mass is 127. The molecule has 0 bridgehead atoms. The number of carbonyl (C=O) groups is 1. The standard InChI is InChI=1S/C20H26IO.C7H6O5/c1-2-3-4-5-6-10-17-22-20-15-13-19(14-16-20)21-18-11-8-7-9-12-18;8-4-1-3(7(11)12)2-5(9)6(4)10/h7-9,11-16H,2-6,10,17H2,1H3;1-2,8-10H,(H,11,12)/q+1;/p-1. The summed E-state index contributed by atoms with van der Waals surface area (Å²) in [6, 6.07) is 21.0. The van der Waals surface area contributed by atoms with Gasteiger partial charge in [0.1, 0.15) is 5.75 Å². The maximum absolute atomic E-state index is 10.2. The zero-order chi connectivity index (χ0) is 24.8. The fourth-order valence-electron chi connectivity index (χ4n) is 2.99. The first-order chi connectivity index (χ1) is 16.4. The molecule has 3 aromatic rings. The summed E-state index contributed by atoms with van der Waals surface area (Å²) in [7, 11) is 0. The Morgan fingerprint density at radius 2 is 1.38 bits per heavy atom. The number of rotatable bonds is 11. The lowest BCUT2D eigenvalue weighted by Gasteiger charge is -2.05. The van der Waals surface area contributed by atoms with Crippen LogP contribution in [0.4, 0.5) is 0 Å². The topological polar surface area (TPSA) is 110 Å². The van der Waals surface area contributed by atoms with Crippen LogP contribution in [0.5, 0.6) is 23.0 Å². The van der Waals surface area contributed by atoms with E-state index >= 15 is 0 Å². The highest BCUT2D eigenvalue weighted by Gasteiger charge is 2.14. The third-order valence-corrected chi connectivity index (χ3v) is 7.52. The molecule has 0 atom stereocenters. The molecule has 34 heavy (non-hydrogen) atoms. The average molecular weight is 578 g/mol. The Morgan fingerprint density at radius 3 is 1.97 bits per heavy atom. The monoisotopic (exact) mass is 578 g/mol. The third kappa shape index (κ3) is 9.91. The van der Waals surface area contributed by atoms with Crippen molar-refractivity contribution in [3.8, 4) is 23.0 Å². The van der Waals surface area contributed by atoms with Crippen molar-refractivity contribution in [3.63, 3.8) is 0 Å². The molecule has 0 unspecified atom stereocenters. The minimum Gasteiger partial charge on any atom is -0.545 e. The lowest BCUT2D eigenvalue weighted by Crippen LogP contribution is -3.61. The normalized spacial score (nSPS) is 10.3. The maximum atomic E-state index is 10.2. The van der Waals surface area contributed by atoms with Gasteiger partial charge in [0.05, 0.1) is 12.6 Å². The Morgan fingerprint density at radius 1 is 0.824 bits per heavy atom. The lowest BCUT2D eigenvalue weighted by atomic mass is 10.1. The molecule has 0 saturated carbocycles. The van der Waals surface area contributed by atoms with Crippen molar-refractivity contribution in [2.24, 2.45) is 0 Å². The van der Waals surface area contributed by atoms with E-state index in [9.17, 15) is 9.90 Å². The molecule has 0 aliphatic rings. The van der Waals surface area contributed by atoms with Crippen molar-refractivity contribution in [2.75, 3.05) is 6.61 Å². The average Bonchev–Trinajstić information content (AvgIpc) is 2.83. The van der Waals surface area contributed by atoms with E-state index in [2.05, 4.69) is 61.5 Å². The molecule has 0 aliphatic carbocycles. The van der Waals surface area contributed by atoms with Crippen LogP contribution in [0.1, 0.15) is 55.8 Å². The number of aromatic carboxylic acids is 1. The van der Waals surface area contributed by atoms with E-state index in [1.807, 2.05) is 0 Å². The number of halogens is 1. The Balaban J connectivity index is 0.000000287. The highest BCUT2D eigenvalue weighted by Crippen LogP contribution is 2.35. The quantitative estimate of drug-likeness (QED) is 0.182. The van der Waals surface area contributed by atoms with Crippen molar-refractivity contribution in [1.29, 1.82) is 0 Å². The fraction of sp³-hybridized carbons (Fsp3) is 0.296. The summed E-state index contributed by atoms with van der Waals surface area (Å²) >= 11 is -0.0655. The molecule has 0 amide bonds. The number of unbranched alkanes of at least 4 members (excludes halogenated alkanes) is 5. The van der Waals surface area contributed by atoms with Crippen LogP contribution in [-0.2, 0) is 0 Å². The van der Waals surface area contributed by atoms with Crippen LogP contribution in [-0.4, -0.2) is 27.9 Å². The summed E-state index contributed by atoms with van der Waals surface area (Å²) in [6.07, 6.45) is 7.85. The molecule has 0 saturated heterocycles. The Bertz CT molecular complexity index is 982. The molecule has 3 N–H and O–H groups in total. The minimum absolute atomic E-state index is 0.0655. The number of carboxylic acid groups (broad SMARTS) is 1. The van der Waals surface area contributed by atoms with Crippen LogP contribution in [0, 0.1) is 7.14 Å². The van der Waals surface area contributed by atoms with Crippen molar-refractivity contribution in [3.05, 3.63) is 79.4 Å². The van der Waals surface area contributed by atoms with Gasteiger partial charge < -0.3 is 30.0 Å². The maximum Gasteiger partial charge on any atom is 0.357 e. The van der Waals surface area contributed by atoms with E-state index < -0.39 is 28.8 Å². The van der Waals surface area contributed by atoms with Crippen molar-refractivity contribution >= 4 is 5.97 Å². The molecule has 0 heterocycles. The fourth-order valence-corrected chi connectivity index (χ4v) is 5.21. The Hall–Kier alpha value is -2.94. The van der Waals surface area contributed by atoms with Gasteiger partial charge in [-0.15, -0.1) is 0 Å². The van der Waals surface area contributed by atoms with Crippen molar-refractivity contribution < 1.29 is 51.2 Å². The number of ether oxygens (including phenoxy) is 1. The van der Waals surface area contributed by atoms with Gasteiger partial charge in [-0.05, 0) is 55.0 Å². The molecule has 0 fully saturated rings. The lowest BCUT2D eigenvalue weighted by molar-refractivity contribution is -0.597. The number of phenols is 3. The minimum atomic E-state index is -1.54. The Kier molecular flexibility index (Phi) is 12.1. The summed E-state index contributed by atoms with van der Waals surface area (Å²) in [6.45, 7) is 3.10. The molecular formula is C27H31IO6. The van der Waals surface area contributed by atoms with Gasteiger partial charge in [-0.25, -0.2) is 0 Å². The van der Waals surface area contributed by atoms with E-state index in [4.69, 9.17) is 20.1 Å². The number of aromatic hydroxyl groups is 3. The molecule has 0 aliphatic heterocycles. The number of hydrogen-bond acceptors (Lipinski definition) is 6. The smallest absolute Gasteiger partial charge is 0.357 e. The van der Waals surface area contributed by atoms with Gasteiger partial charge in [0, 0.05) is 5.56 Å². The summed E-state index contributed by atoms with van der Waals surface area (Å²) in [4.78, 5) is 10.2. The first-order valence-corrected chi connectivity index (χ1v) is 13.5. The molecule has 6 nitrogen and oxygen atoms in total. The van der Waals surface area contributed by atoms with E-state index in [-0.39, 0.29) is 21.2 Å². The largest absolute Gasteiger partial charge is 0.545 e. The second-order valence-corrected chi connectivity index (χ2v) is 10.6. The van der Waals surface area contributed by atoms with Gasteiger partial charge in [0.15, 0.2) is 24.4 Å². The molecule has 7 heteroatoms. The number of benzene rings is 3. The number of carbonyl (C=O) groups excluding carboxylic acids is 1. The second kappa shape index (κ2) is 15.1. The summed E-state index contributed by atoms with van der Waals surface area (Å²) in [5, 5.41) is 36.7. The molecule has 0 aromatic heterocycles. The van der Waals surface area contributed by atoms with Crippen LogP contribution in [0.3, 0.4) is 0 Å². The summed E-state index contributed by atoms with van der Waals surface area (Å²) in [5.74, 6) is -2.68. The van der Waals surface area contributed by atoms with Gasteiger partial charge in [0.2, 0.25) is 0 Å². The van der Waals surface area contributed by atoms with E-state index in [0.717, 1.165) is 24.5 Å². The second-order valence-electron chi connectivity index (χ2n) is 7.61. The van der Waals surface area contributed by atoms with E-state index in [0.29, 0.717) is 0 Å². The summed E-state index contributed by atoms with van der Waals surface area (Å²) < 4.78 is 8.73. The predicted octanol–water partition coefficient (Wildman–Crippen LogP) is 1.72. The molecule has 3 aromatic carbocycles. The van der Waals surface area contributed by atoms with Crippen LogP contribution >= 0.6 is 0 Å². The summed E-state index contributed by atoms with van der Waals surface area (Å²) in [5.41, 5.74) is -0.400. The highest BCUT2D eigenvalue weighted by molar-refractivity contribution is 5.87. The molecule has 0 radical (unpaired) electrons. The number of hydrogen-bond donors (Lipinski definition) is 3. The Labute approximate surface area is 211 Å². The van der Waals surface area contributed by atoms with Crippen molar-refractivity contribution in [1.82, 2.24) is 0 Å². The van der Waals surface area contributed by atoms with Crippen LogP contribution in [0.15, 0.2) is 66.7 Å². The first kappa shape index (κ1) is 27.3. The van der Waals surface area contributed by atoms with Gasteiger partial charge in [-0.2, -0.15) is 0 Å². The van der Waals surface area contributed by atoms with Gasteiger partial charge >= 0.3 is 21.2 Å². The van der Waals surface area contributed by atoms with Gasteiger partial charge in [-0.3, -0.25) is 0 Å². The van der Waals surface area contributed by atoms with Crippen molar-refractivity contribution in [2.45, 2.75) is 45.4 Å². The van der Waals surface area contributed by atoms with E-state index in [1.54, 1.807) is 0 Å². The SMILES string of the molecule is CCCCCCCCOc1ccc([I+]c2ccccc2)cc1.O=C([O-])c1cc(O)c(O)c(O)c1. The third-order valence-electron chi connectivity index (χ3n) is 4.84. The number of carboxylic acids is 1. The van der Waals surface area contributed by atoms with Crippen LogP contribution in [0.2, 0.25) is 0 Å². The number of phenolic OH excluding ortho intramolecular Hbond substituents is 3. The zero-order valence-corrected chi connectivity index (χ0v) is 21.4. The van der Waals surface area contributed by atoms with Gasteiger partial charge in [0.25, 0.3) is 0 Å². The zero-order valence-electron chi connectivity index (χ0n) is 19.2. The van der Waals surface area contributed by atoms with Gasteiger partial charge in [-0.1, -0.05) is 57.2 Å². The van der Waals surface area contributed by atoms with Crippen LogP contribution in [0.25, 0.3) is 0 Å². The molecule has 3 rings (SSSR count). The molecule has 0 spiro atoms. The predicted molar refractivity (Wildman–Crippen MR) is 125 cm³/mol. The first-order valence-electron chi connectivity index (χ1n) is 11.3. The van der Waals surface area contributed by atoms with E-state index in [1.165, 1.54) is 45.7 Å². The molecule has 182 valence electrons. The van der Waals surface area contributed by atoms with Crippen LogP contribution < -0.4 is 31.0 Å². The molecular weight excluding hydrogens is 547 g/mol.